The van der Waals surface area contributed by atoms with Gasteiger partial charge in [0.15, 0.2) is 5.58 Å². The molecule has 0 aliphatic heterocycles. The second-order valence-electron chi connectivity index (χ2n) is 6.50. The number of hydrogen-bond donors (Lipinski definition) is 2. The lowest BCUT2D eigenvalue weighted by Gasteiger charge is -2.22. The van der Waals surface area contributed by atoms with Crippen LogP contribution < -0.4 is 10.6 Å². The van der Waals surface area contributed by atoms with Crippen molar-refractivity contribution < 1.29 is 9.21 Å². The standard InChI is InChI=1S/C20H21N3O2/c24-20(21-15-8-2-1-3-9-15)22-16-10-6-7-14(13-16)19-23-17-11-4-5-12-18(17)25-19/h4-7,10-13,15H,1-3,8-9H2,(H2,21,22,24). The molecule has 2 amide bonds. The molecule has 4 rings (SSSR count). The molecule has 5 nitrogen and oxygen atoms in total. The fraction of sp³-hybridized carbons (Fsp3) is 0.300. The van der Waals surface area contributed by atoms with Crippen molar-refractivity contribution in [1.82, 2.24) is 10.3 Å². The highest BCUT2D eigenvalue weighted by atomic mass is 16.3. The van der Waals surface area contributed by atoms with Crippen LogP contribution in [0, 0.1) is 0 Å². The van der Waals surface area contributed by atoms with E-state index in [1.165, 1.54) is 19.3 Å². The minimum Gasteiger partial charge on any atom is -0.436 e. The first-order chi connectivity index (χ1) is 12.3. The van der Waals surface area contributed by atoms with E-state index in [4.69, 9.17) is 4.42 Å². The summed E-state index contributed by atoms with van der Waals surface area (Å²) in [5, 5.41) is 5.97. The molecule has 1 aliphatic rings. The zero-order valence-corrected chi connectivity index (χ0v) is 14.0. The van der Waals surface area contributed by atoms with Gasteiger partial charge in [-0.25, -0.2) is 9.78 Å². The molecule has 2 N–H and O–H groups in total. The van der Waals surface area contributed by atoms with E-state index in [0.29, 0.717) is 5.89 Å². The first kappa shape index (κ1) is 15.7. The number of hydrogen-bond acceptors (Lipinski definition) is 3. The maximum atomic E-state index is 12.2. The van der Waals surface area contributed by atoms with Crippen LogP contribution in [0.25, 0.3) is 22.6 Å². The maximum absolute atomic E-state index is 12.2. The summed E-state index contributed by atoms with van der Waals surface area (Å²) < 4.78 is 5.80. The predicted octanol–water partition coefficient (Wildman–Crippen LogP) is 4.95. The number of carbonyl (C=O) groups is 1. The third-order valence-corrected chi connectivity index (χ3v) is 4.60. The largest absolute Gasteiger partial charge is 0.436 e. The zero-order chi connectivity index (χ0) is 17.1. The Bertz CT molecular complexity index is 848. The Morgan fingerprint density at radius 3 is 2.72 bits per heavy atom. The zero-order valence-electron chi connectivity index (χ0n) is 14.0. The fourth-order valence-corrected chi connectivity index (χ4v) is 3.33. The number of benzene rings is 2. The van der Waals surface area contributed by atoms with E-state index in [-0.39, 0.29) is 12.1 Å². The Labute approximate surface area is 146 Å². The topological polar surface area (TPSA) is 67.2 Å². The Morgan fingerprint density at radius 1 is 1.04 bits per heavy atom. The van der Waals surface area contributed by atoms with Crippen LogP contribution in [0.3, 0.4) is 0 Å². The summed E-state index contributed by atoms with van der Waals surface area (Å²) in [5.74, 6) is 0.553. The summed E-state index contributed by atoms with van der Waals surface area (Å²) >= 11 is 0. The molecule has 0 atom stereocenters. The van der Waals surface area contributed by atoms with Crippen LogP contribution in [0.2, 0.25) is 0 Å². The molecule has 0 saturated heterocycles. The van der Waals surface area contributed by atoms with Crippen molar-refractivity contribution in [2.75, 3.05) is 5.32 Å². The van der Waals surface area contributed by atoms with Gasteiger partial charge in [-0.2, -0.15) is 0 Å². The maximum Gasteiger partial charge on any atom is 0.319 e. The molecule has 2 aromatic carbocycles. The van der Waals surface area contributed by atoms with Gasteiger partial charge in [-0.1, -0.05) is 37.5 Å². The van der Waals surface area contributed by atoms with Gasteiger partial charge in [0.1, 0.15) is 5.52 Å². The Balaban J connectivity index is 1.48. The van der Waals surface area contributed by atoms with E-state index in [1.807, 2.05) is 48.5 Å². The molecular formula is C20H21N3O2. The monoisotopic (exact) mass is 335 g/mol. The van der Waals surface area contributed by atoms with Gasteiger partial charge in [0, 0.05) is 17.3 Å². The molecule has 3 aromatic rings. The molecule has 1 fully saturated rings. The van der Waals surface area contributed by atoms with E-state index in [2.05, 4.69) is 15.6 Å². The van der Waals surface area contributed by atoms with Crippen molar-refractivity contribution in [3.05, 3.63) is 48.5 Å². The molecule has 0 spiro atoms. The number of rotatable bonds is 3. The highest BCUT2D eigenvalue weighted by Gasteiger charge is 2.16. The Hall–Kier alpha value is -2.82. The SMILES string of the molecule is O=C(Nc1cccc(-c2nc3ccccc3o2)c1)NC1CCCCC1. The van der Waals surface area contributed by atoms with Crippen molar-refractivity contribution in [2.24, 2.45) is 0 Å². The van der Waals surface area contributed by atoms with E-state index in [1.54, 1.807) is 0 Å². The van der Waals surface area contributed by atoms with Crippen molar-refractivity contribution in [3.63, 3.8) is 0 Å². The highest BCUT2D eigenvalue weighted by molar-refractivity contribution is 5.90. The predicted molar refractivity (Wildman–Crippen MR) is 98.5 cm³/mol. The number of nitrogens with zero attached hydrogens (tertiary/aromatic N) is 1. The van der Waals surface area contributed by atoms with Crippen LogP contribution in [0.4, 0.5) is 10.5 Å². The van der Waals surface area contributed by atoms with Crippen molar-refractivity contribution >= 4 is 22.8 Å². The molecule has 0 unspecified atom stereocenters. The number of nitrogens with one attached hydrogen (secondary N) is 2. The van der Waals surface area contributed by atoms with Gasteiger partial charge in [-0.05, 0) is 43.2 Å². The molecule has 0 radical (unpaired) electrons. The van der Waals surface area contributed by atoms with Gasteiger partial charge in [-0.15, -0.1) is 0 Å². The van der Waals surface area contributed by atoms with E-state index in [9.17, 15) is 4.79 Å². The number of oxazole rings is 1. The number of aromatic nitrogens is 1. The number of urea groups is 1. The van der Waals surface area contributed by atoms with Gasteiger partial charge < -0.3 is 15.1 Å². The molecule has 25 heavy (non-hydrogen) atoms. The van der Waals surface area contributed by atoms with Crippen LogP contribution >= 0.6 is 0 Å². The number of anilines is 1. The van der Waals surface area contributed by atoms with E-state index >= 15 is 0 Å². The summed E-state index contributed by atoms with van der Waals surface area (Å²) in [6.45, 7) is 0. The van der Waals surface area contributed by atoms with Gasteiger partial charge in [0.2, 0.25) is 5.89 Å². The minimum atomic E-state index is -0.151. The third-order valence-electron chi connectivity index (χ3n) is 4.60. The Morgan fingerprint density at radius 2 is 1.88 bits per heavy atom. The van der Waals surface area contributed by atoms with Gasteiger partial charge in [0.05, 0.1) is 0 Å². The number of para-hydroxylation sites is 2. The van der Waals surface area contributed by atoms with E-state index in [0.717, 1.165) is 35.2 Å². The second kappa shape index (κ2) is 6.97. The smallest absolute Gasteiger partial charge is 0.319 e. The molecule has 1 aliphatic carbocycles. The molecule has 5 heteroatoms. The summed E-state index contributed by atoms with van der Waals surface area (Å²) in [4.78, 5) is 16.7. The summed E-state index contributed by atoms with van der Waals surface area (Å²) in [7, 11) is 0. The molecule has 1 saturated carbocycles. The summed E-state index contributed by atoms with van der Waals surface area (Å²) in [6.07, 6.45) is 5.79. The lowest BCUT2D eigenvalue weighted by atomic mass is 9.96. The van der Waals surface area contributed by atoms with Crippen LogP contribution in [-0.4, -0.2) is 17.1 Å². The van der Waals surface area contributed by atoms with Gasteiger partial charge in [-0.3, -0.25) is 0 Å². The second-order valence-corrected chi connectivity index (χ2v) is 6.50. The van der Waals surface area contributed by atoms with Crippen molar-refractivity contribution in [1.29, 1.82) is 0 Å². The third kappa shape index (κ3) is 3.65. The normalized spacial score (nSPS) is 15.2. The van der Waals surface area contributed by atoms with Gasteiger partial charge >= 0.3 is 6.03 Å². The van der Waals surface area contributed by atoms with Crippen molar-refractivity contribution in [3.8, 4) is 11.5 Å². The lowest BCUT2D eigenvalue weighted by Crippen LogP contribution is -2.39. The number of carbonyl (C=O) groups excluding carboxylic acids is 1. The first-order valence-electron chi connectivity index (χ1n) is 8.81. The lowest BCUT2D eigenvalue weighted by molar-refractivity contribution is 0.244. The average molecular weight is 335 g/mol. The summed E-state index contributed by atoms with van der Waals surface area (Å²) in [5.41, 5.74) is 3.15. The minimum absolute atomic E-state index is 0.151. The molecule has 0 bridgehead atoms. The van der Waals surface area contributed by atoms with Crippen LogP contribution in [0.15, 0.2) is 52.9 Å². The molecule has 1 heterocycles. The van der Waals surface area contributed by atoms with Gasteiger partial charge in [0.25, 0.3) is 0 Å². The molecular weight excluding hydrogens is 314 g/mol. The highest BCUT2D eigenvalue weighted by Crippen LogP contribution is 2.26. The fourth-order valence-electron chi connectivity index (χ4n) is 3.33. The molecule has 128 valence electrons. The van der Waals surface area contributed by atoms with Crippen LogP contribution in [0.1, 0.15) is 32.1 Å². The number of amides is 2. The van der Waals surface area contributed by atoms with Crippen LogP contribution in [-0.2, 0) is 0 Å². The Kier molecular flexibility index (Phi) is 4.37. The summed E-state index contributed by atoms with van der Waals surface area (Å²) in [6, 6.07) is 15.4. The number of fused-ring (bicyclic) bond motifs is 1. The van der Waals surface area contributed by atoms with E-state index < -0.39 is 0 Å². The molecule has 1 aromatic heterocycles. The quantitative estimate of drug-likeness (QED) is 0.711. The average Bonchev–Trinajstić information content (AvgIpc) is 3.07. The van der Waals surface area contributed by atoms with Crippen LogP contribution in [0.5, 0.6) is 0 Å². The first-order valence-corrected chi connectivity index (χ1v) is 8.81. The van der Waals surface area contributed by atoms with Crippen molar-refractivity contribution in [2.45, 2.75) is 38.1 Å².